The van der Waals surface area contributed by atoms with Crippen LogP contribution in [0.2, 0.25) is 0 Å². The van der Waals surface area contributed by atoms with E-state index in [4.69, 9.17) is 0 Å². The summed E-state index contributed by atoms with van der Waals surface area (Å²) >= 11 is 0. The van der Waals surface area contributed by atoms with Crippen LogP contribution in [0.5, 0.6) is 0 Å². The van der Waals surface area contributed by atoms with Gasteiger partial charge in [-0.15, -0.1) is 0 Å². The second-order valence-electron chi connectivity index (χ2n) is 9.29. The number of benzene rings is 1. The van der Waals surface area contributed by atoms with Crippen molar-refractivity contribution in [1.82, 2.24) is 0 Å². The molecule has 0 N–H and O–H groups in total. The second kappa shape index (κ2) is 11.5. The zero-order chi connectivity index (χ0) is 20.5. The number of halogens is 2. The summed E-state index contributed by atoms with van der Waals surface area (Å²) in [5.41, 5.74) is 0.515. The third-order valence-electron chi connectivity index (χ3n) is 7.13. The second-order valence-corrected chi connectivity index (χ2v) is 9.29. The van der Waals surface area contributed by atoms with Crippen LogP contribution in [0.15, 0.2) is 30.4 Å². The van der Waals surface area contributed by atoms with E-state index in [0.29, 0.717) is 11.5 Å². The Morgan fingerprint density at radius 2 is 1.41 bits per heavy atom. The summed E-state index contributed by atoms with van der Waals surface area (Å²) in [5, 5.41) is 0. The van der Waals surface area contributed by atoms with Gasteiger partial charge in [0.25, 0.3) is 0 Å². The zero-order valence-electron chi connectivity index (χ0n) is 17.9. The molecule has 0 spiro atoms. The lowest BCUT2D eigenvalue weighted by molar-refractivity contribution is 0.221. The lowest BCUT2D eigenvalue weighted by atomic mass is 9.75. The molecule has 0 radical (unpaired) electrons. The Kier molecular flexibility index (Phi) is 8.78. The van der Waals surface area contributed by atoms with Crippen molar-refractivity contribution < 1.29 is 8.78 Å². The fourth-order valence-electron chi connectivity index (χ4n) is 5.24. The summed E-state index contributed by atoms with van der Waals surface area (Å²) < 4.78 is 26.1. The van der Waals surface area contributed by atoms with Gasteiger partial charge in [0.05, 0.1) is 0 Å². The predicted molar refractivity (Wildman–Crippen MR) is 117 cm³/mol. The van der Waals surface area contributed by atoms with Crippen molar-refractivity contribution in [1.29, 1.82) is 0 Å². The Labute approximate surface area is 176 Å². The highest BCUT2D eigenvalue weighted by molar-refractivity contribution is 5.37. The molecule has 0 unspecified atom stereocenters. The summed E-state index contributed by atoms with van der Waals surface area (Å²) in [6.45, 7) is 2.32. The molecule has 0 nitrogen and oxygen atoms in total. The highest BCUT2D eigenvalue weighted by Crippen LogP contribution is 2.37. The topological polar surface area (TPSA) is 0 Å². The van der Waals surface area contributed by atoms with Crippen LogP contribution in [0.1, 0.15) is 89.5 Å². The fourth-order valence-corrected chi connectivity index (χ4v) is 5.24. The highest BCUT2D eigenvalue weighted by Gasteiger charge is 2.23. The molecule has 0 aromatic heterocycles. The van der Waals surface area contributed by atoms with E-state index in [0.717, 1.165) is 29.9 Å². The Balaban J connectivity index is 1.33. The number of hydrogen-bond donors (Lipinski definition) is 0. The fraction of sp³-hybridized carbons (Fsp3) is 0.630. The quantitative estimate of drug-likeness (QED) is 0.425. The van der Waals surface area contributed by atoms with Crippen molar-refractivity contribution in [3.63, 3.8) is 0 Å². The van der Waals surface area contributed by atoms with Crippen LogP contribution < -0.4 is 0 Å². The first kappa shape index (κ1) is 22.1. The van der Waals surface area contributed by atoms with Crippen molar-refractivity contribution in [3.05, 3.63) is 47.5 Å². The van der Waals surface area contributed by atoms with Crippen LogP contribution in [0, 0.1) is 47.1 Å². The van der Waals surface area contributed by atoms with Crippen LogP contribution in [0.3, 0.4) is 0 Å². The molecular formula is C27H36F2. The molecule has 29 heavy (non-hydrogen) atoms. The van der Waals surface area contributed by atoms with E-state index >= 15 is 0 Å². The molecule has 0 aliphatic heterocycles. The van der Waals surface area contributed by atoms with Crippen LogP contribution in [0.4, 0.5) is 8.78 Å². The standard InChI is InChI=1S/C27H36F2/c1-2-5-21-8-12-23(13-9-21)16-17-24-14-10-22(11-15-24)6-3-4-7-25-18-19-26(28)27(29)20-25/h3,6,18-24H,2,5,8-17H2,1H3. The van der Waals surface area contributed by atoms with E-state index in [9.17, 15) is 8.78 Å². The van der Waals surface area contributed by atoms with E-state index in [1.54, 1.807) is 0 Å². The average molecular weight is 399 g/mol. The SMILES string of the molecule is CCCC1CCC(CCC2CCC(C=CC#Cc3ccc(F)c(F)c3)CC2)CC1. The summed E-state index contributed by atoms with van der Waals surface area (Å²) in [7, 11) is 0. The molecule has 0 amide bonds. The largest absolute Gasteiger partial charge is 0.204 e. The zero-order valence-corrected chi connectivity index (χ0v) is 17.9. The Morgan fingerprint density at radius 1 is 0.828 bits per heavy atom. The van der Waals surface area contributed by atoms with Gasteiger partial charge in [-0.3, -0.25) is 0 Å². The van der Waals surface area contributed by atoms with E-state index in [-0.39, 0.29) is 0 Å². The summed E-state index contributed by atoms with van der Waals surface area (Å²) in [4.78, 5) is 0. The van der Waals surface area contributed by atoms with E-state index in [1.807, 2.05) is 6.08 Å². The van der Waals surface area contributed by atoms with Crippen molar-refractivity contribution in [2.45, 2.75) is 84.0 Å². The lowest BCUT2D eigenvalue weighted by Gasteiger charge is -2.31. The molecule has 2 saturated carbocycles. The predicted octanol–water partition coefficient (Wildman–Crippen LogP) is 8.07. The van der Waals surface area contributed by atoms with Gasteiger partial charge in [-0.1, -0.05) is 76.2 Å². The van der Waals surface area contributed by atoms with Crippen molar-refractivity contribution >= 4 is 0 Å². The van der Waals surface area contributed by atoms with E-state index in [1.165, 1.54) is 83.1 Å². The molecule has 2 heteroatoms. The highest BCUT2D eigenvalue weighted by atomic mass is 19.2. The normalized spacial score (nSPS) is 27.6. The van der Waals surface area contributed by atoms with Crippen LogP contribution in [-0.2, 0) is 0 Å². The van der Waals surface area contributed by atoms with Crippen LogP contribution in [0.25, 0.3) is 0 Å². The summed E-state index contributed by atoms with van der Waals surface area (Å²) in [5.74, 6) is 7.73. The van der Waals surface area contributed by atoms with Crippen molar-refractivity contribution in [2.24, 2.45) is 23.7 Å². The van der Waals surface area contributed by atoms with Crippen LogP contribution in [-0.4, -0.2) is 0 Å². The number of allylic oxidation sites excluding steroid dienone is 2. The molecule has 0 atom stereocenters. The molecular weight excluding hydrogens is 362 g/mol. The minimum absolute atomic E-state index is 0.515. The minimum atomic E-state index is -0.840. The first-order chi connectivity index (χ1) is 14.1. The van der Waals surface area contributed by atoms with Gasteiger partial charge in [-0.25, -0.2) is 8.78 Å². The van der Waals surface area contributed by atoms with Crippen LogP contribution >= 0.6 is 0 Å². The molecule has 2 aliphatic rings. The van der Waals surface area contributed by atoms with Gasteiger partial charge in [-0.2, -0.15) is 0 Å². The summed E-state index contributed by atoms with van der Waals surface area (Å²) in [6, 6.07) is 3.79. The molecule has 1 aromatic carbocycles. The minimum Gasteiger partial charge on any atom is -0.204 e. The van der Waals surface area contributed by atoms with Crippen molar-refractivity contribution in [3.8, 4) is 11.8 Å². The molecule has 158 valence electrons. The summed E-state index contributed by atoms with van der Waals surface area (Å²) in [6.07, 6.45) is 20.9. The van der Waals surface area contributed by atoms with Gasteiger partial charge in [0, 0.05) is 5.56 Å². The van der Waals surface area contributed by atoms with Gasteiger partial charge in [0.1, 0.15) is 0 Å². The maximum Gasteiger partial charge on any atom is 0.160 e. The molecule has 1 aromatic rings. The molecule has 0 bridgehead atoms. The van der Waals surface area contributed by atoms with E-state index < -0.39 is 11.6 Å². The van der Waals surface area contributed by atoms with E-state index in [2.05, 4.69) is 24.8 Å². The first-order valence-electron chi connectivity index (χ1n) is 11.8. The lowest BCUT2D eigenvalue weighted by Crippen LogP contribution is -2.17. The number of rotatable bonds is 6. The smallest absolute Gasteiger partial charge is 0.160 e. The Morgan fingerprint density at radius 3 is 2.00 bits per heavy atom. The molecule has 2 fully saturated rings. The van der Waals surface area contributed by atoms with Gasteiger partial charge in [0.15, 0.2) is 11.6 Å². The van der Waals surface area contributed by atoms with Crippen molar-refractivity contribution in [2.75, 3.05) is 0 Å². The number of hydrogen-bond acceptors (Lipinski definition) is 0. The molecule has 3 rings (SSSR count). The van der Waals surface area contributed by atoms with Gasteiger partial charge in [0.2, 0.25) is 0 Å². The Hall–Kier alpha value is -1.62. The molecule has 0 heterocycles. The van der Waals surface area contributed by atoms with Gasteiger partial charge >= 0.3 is 0 Å². The molecule has 2 aliphatic carbocycles. The maximum absolute atomic E-state index is 13.2. The maximum atomic E-state index is 13.2. The average Bonchev–Trinajstić information content (AvgIpc) is 2.74. The van der Waals surface area contributed by atoms with Gasteiger partial charge in [-0.05, 0) is 73.6 Å². The van der Waals surface area contributed by atoms with Gasteiger partial charge < -0.3 is 0 Å². The third-order valence-corrected chi connectivity index (χ3v) is 7.13. The first-order valence-corrected chi connectivity index (χ1v) is 11.8. The monoisotopic (exact) mass is 398 g/mol. The third kappa shape index (κ3) is 7.29. The molecule has 0 saturated heterocycles. The Bertz CT molecular complexity index is 708.